The van der Waals surface area contributed by atoms with Crippen LogP contribution in [0, 0.1) is 5.92 Å². The SMILES string of the molecule is CCOC(=O)C1CCc2ccc(CO)cc2C1. The van der Waals surface area contributed by atoms with E-state index in [1.807, 2.05) is 19.1 Å². The topological polar surface area (TPSA) is 46.5 Å². The molecule has 3 heteroatoms. The van der Waals surface area contributed by atoms with E-state index in [-0.39, 0.29) is 18.5 Å². The molecule has 0 aromatic heterocycles. The quantitative estimate of drug-likeness (QED) is 0.812. The summed E-state index contributed by atoms with van der Waals surface area (Å²) in [5, 5.41) is 9.11. The lowest BCUT2D eigenvalue weighted by Gasteiger charge is -2.23. The number of benzene rings is 1. The van der Waals surface area contributed by atoms with Crippen LogP contribution < -0.4 is 0 Å². The molecule has 3 nitrogen and oxygen atoms in total. The van der Waals surface area contributed by atoms with Crippen LogP contribution in [0.1, 0.15) is 30.0 Å². The number of aryl methyl sites for hydroxylation is 1. The van der Waals surface area contributed by atoms with E-state index in [9.17, 15) is 4.79 Å². The fourth-order valence-corrected chi connectivity index (χ4v) is 2.37. The Morgan fingerprint density at radius 3 is 3.00 bits per heavy atom. The second kappa shape index (κ2) is 5.32. The maximum atomic E-state index is 11.7. The molecule has 1 aliphatic rings. The second-order valence-corrected chi connectivity index (χ2v) is 4.45. The number of carbonyl (C=O) groups excluding carboxylic acids is 1. The van der Waals surface area contributed by atoms with Gasteiger partial charge in [0.25, 0.3) is 0 Å². The van der Waals surface area contributed by atoms with Gasteiger partial charge < -0.3 is 9.84 Å². The molecule has 0 saturated carbocycles. The molecule has 1 aliphatic carbocycles. The third-order valence-corrected chi connectivity index (χ3v) is 3.30. The van der Waals surface area contributed by atoms with Crippen LogP contribution in [-0.2, 0) is 29.0 Å². The maximum Gasteiger partial charge on any atom is 0.309 e. The Morgan fingerprint density at radius 2 is 2.29 bits per heavy atom. The highest BCUT2D eigenvalue weighted by atomic mass is 16.5. The van der Waals surface area contributed by atoms with E-state index >= 15 is 0 Å². The molecule has 0 bridgehead atoms. The molecule has 0 spiro atoms. The van der Waals surface area contributed by atoms with E-state index in [2.05, 4.69) is 6.07 Å². The third kappa shape index (κ3) is 2.67. The minimum absolute atomic E-state index is 0.0172. The molecule has 0 heterocycles. The average molecular weight is 234 g/mol. The second-order valence-electron chi connectivity index (χ2n) is 4.45. The van der Waals surface area contributed by atoms with Crippen molar-refractivity contribution in [3.8, 4) is 0 Å². The molecule has 0 fully saturated rings. The molecule has 1 aromatic rings. The fraction of sp³-hybridized carbons (Fsp3) is 0.500. The van der Waals surface area contributed by atoms with Gasteiger partial charge in [-0.2, -0.15) is 0 Å². The monoisotopic (exact) mass is 234 g/mol. The summed E-state index contributed by atoms with van der Waals surface area (Å²) in [6, 6.07) is 6.01. The summed E-state index contributed by atoms with van der Waals surface area (Å²) in [6.45, 7) is 2.33. The molecule has 1 aromatic carbocycles. The number of hydrogen-bond donors (Lipinski definition) is 1. The number of carbonyl (C=O) groups is 1. The maximum absolute atomic E-state index is 11.7. The molecular formula is C14H18O3. The van der Waals surface area contributed by atoms with E-state index in [4.69, 9.17) is 9.84 Å². The average Bonchev–Trinajstić information content (AvgIpc) is 2.37. The van der Waals surface area contributed by atoms with Gasteiger partial charge in [0.05, 0.1) is 19.1 Å². The highest BCUT2D eigenvalue weighted by Gasteiger charge is 2.25. The molecule has 0 aliphatic heterocycles. The van der Waals surface area contributed by atoms with Crippen molar-refractivity contribution in [2.45, 2.75) is 32.8 Å². The largest absolute Gasteiger partial charge is 0.466 e. The predicted octanol–water partition coefficient (Wildman–Crippen LogP) is 1.85. The van der Waals surface area contributed by atoms with E-state index in [1.165, 1.54) is 11.1 Å². The van der Waals surface area contributed by atoms with Crippen LogP contribution in [0.4, 0.5) is 0 Å². The number of hydrogen-bond acceptors (Lipinski definition) is 3. The molecule has 0 radical (unpaired) electrons. The summed E-state index contributed by atoms with van der Waals surface area (Å²) in [7, 11) is 0. The zero-order valence-electron chi connectivity index (χ0n) is 10.1. The number of aliphatic hydroxyl groups excluding tert-OH is 1. The highest BCUT2D eigenvalue weighted by Crippen LogP contribution is 2.27. The van der Waals surface area contributed by atoms with Gasteiger partial charge >= 0.3 is 5.97 Å². The molecule has 17 heavy (non-hydrogen) atoms. The normalized spacial score (nSPS) is 18.6. The Kier molecular flexibility index (Phi) is 3.79. The van der Waals surface area contributed by atoms with Crippen LogP contribution >= 0.6 is 0 Å². The first kappa shape index (κ1) is 12.1. The first-order chi connectivity index (χ1) is 8.24. The van der Waals surface area contributed by atoms with Gasteiger partial charge in [0.1, 0.15) is 0 Å². The van der Waals surface area contributed by atoms with Crippen LogP contribution in [0.15, 0.2) is 18.2 Å². The summed E-state index contributed by atoms with van der Waals surface area (Å²) in [5.74, 6) is -0.107. The van der Waals surface area contributed by atoms with E-state index in [0.29, 0.717) is 6.61 Å². The van der Waals surface area contributed by atoms with Crippen molar-refractivity contribution < 1.29 is 14.6 Å². The molecule has 0 saturated heterocycles. The van der Waals surface area contributed by atoms with Gasteiger partial charge in [-0.05, 0) is 42.9 Å². The third-order valence-electron chi connectivity index (χ3n) is 3.30. The summed E-state index contributed by atoms with van der Waals surface area (Å²) in [6.07, 6.45) is 2.52. The van der Waals surface area contributed by atoms with Crippen LogP contribution in [0.25, 0.3) is 0 Å². The van der Waals surface area contributed by atoms with Gasteiger partial charge in [0.2, 0.25) is 0 Å². The standard InChI is InChI=1S/C14H18O3/c1-2-17-14(16)12-6-5-11-4-3-10(9-15)7-13(11)8-12/h3-4,7,12,15H,2,5-6,8-9H2,1H3. The van der Waals surface area contributed by atoms with Gasteiger partial charge in [0, 0.05) is 0 Å². The van der Waals surface area contributed by atoms with E-state index < -0.39 is 0 Å². The summed E-state index contributed by atoms with van der Waals surface area (Å²) in [4.78, 5) is 11.7. The molecule has 1 N–H and O–H groups in total. The van der Waals surface area contributed by atoms with Crippen molar-refractivity contribution >= 4 is 5.97 Å². The Hall–Kier alpha value is -1.35. The summed E-state index contributed by atoms with van der Waals surface area (Å²) >= 11 is 0. The molecule has 1 atom stereocenters. The Labute approximate surface area is 101 Å². The Morgan fingerprint density at radius 1 is 1.47 bits per heavy atom. The lowest BCUT2D eigenvalue weighted by Crippen LogP contribution is -2.24. The number of esters is 1. The van der Waals surface area contributed by atoms with Crippen LogP contribution in [0.3, 0.4) is 0 Å². The minimum Gasteiger partial charge on any atom is -0.466 e. The molecular weight excluding hydrogens is 216 g/mol. The number of ether oxygens (including phenoxy) is 1. The van der Waals surface area contributed by atoms with Crippen molar-refractivity contribution in [3.05, 3.63) is 34.9 Å². The number of rotatable bonds is 3. The first-order valence-corrected chi connectivity index (χ1v) is 6.12. The first-order valence-electron chi connectivity index (χ1n) is 6.12. The molecule has 0 amide bonds. The lowest BCUT2D eigenvalue weighted by molar-refractivity contribution is -0.148. The van der Waals surface area contributed by atoms with Crippen molar-refractivity contribution in [2.75, 3.05) is 6.61 Å². The van der Waals surface area contributed by atoms with Crippen molar-refractivity contribution in [1.82, 2.24) is 0 Å². The van der Waals surface area contributed by atoms with E-state index in [0.717, 1.165) is 24.8 Å². The van der Waals surface area contributed by atoms with E-state index in [1.54, 1.807) is 0 Å². The zero-order chi connectivity index (χ0) is 12.3. The van der Waals surface area contributed by atoms with Crippen molar-refractivity contribution in [2.24, 2.45) is 5.92 Å². The minimum atomic E-state index is -0.0902. The molecule has 92 valence electrons. The van der Waals surface area contributed by atoms with Crippen molar-refractivity contribution in [1.29, 1.82) is 0 Å². The molecule has 1 unspecified atom stereocenters. The van der Waals surface area contributed by atoms with Gasteiger partial charge in [-0.25, -0.2) is 0 Å². The zero-order valence-corrected chi connectivity index (χ0v) is 10.1. The van der Waals surface area contributed by atoms with Gasteiger partial charge in [-0.3, -0.25) is 4.79 Å². The van der Waals surface area contributed by atoms with Gasteiger partial charge in [-0.15, -0.1) is 0 Å². The summed E-state index contributed by atoms with van der Waals surface area (Å²) < 4.78 is 5.06. The number of aliphatic hydroxyl groups is 1. The smallest absolute Gasteiger partial charge is 0.309 e. The summed E-state index contributed by atoms with van der Waals surface area (Å²) in [5.41, 5.74) is 3.39. The van der Waals surface area contributed by atoms with Crippen LogP contribution in [0.2, 0.25) is 0 Å². The number of fused-ring (bicyclic) bond motifs is 1. The highest BCUT2D eigenvalue weighted by molar-refractivity contribution is 5.73. The Balaban J connectivity index is 2.14. The van der Waals surface area contributed by atoms with Gasteiger partial charge in [0.15, 0.2) is 0 Å². The van der Waals surface area contributed by atoms with Crippen molar-refractivity contribution in [3.63, 3.8) is 0 Å². The molecule has 2 rings (SSSR count). The lowest BCUT2D eigenvalue weighted by atomic mass is 9.83. The predicted molar refractivity (Wildman–Crippen MR) is 64.5 cm³/mol. The van der Waals surface area contributed by atoms with Gasteiger partial charge in [-0.1, -0.05) is 18.2 Å². The Bertz CT molecular complexity index is 412. The van der Waals surface area contributed by atoms with Crippen LogP contribution in [-0.4, -0.2) is 17.7 Å². The van der Waals surface area contributed by atoms with Crippen LogP contribution in [0.5, 0.6) is 0 Å². The fourth-order valence-electron chi connectivity index (χ4n) is 2.37.